The lowest BCUT2D eigenvalue weighted by atomic mass is 9.94. The third-order valence-corrected chi connectivity index (χ3v) is 3.68. The van der Waals surface area contributed by atoms with Gasteiger partial charge in [0.2, 0.25) is 0 Å². The Labute approximate surface area is 83.7 Å². The molecule has 0 spiro atoms. The second-order valence-electron chi connectivity index (χ2n) is 3.42. The van der Waals surface area contributed by atoms with Gasteiger partial charge in [0.1, 0.15) is 0 Å². The maximum Gasteiger partial charge on any atom is 0.0958 e. The van der Waals surface area contributed by atoms with Gasteiger partial charge in [-0.2, -0.15) is 0 Å². The molecule has 0 rings (SSSR count). The molecule has 0 aliphatic heterocycles. The van der Waals surface area contributed by atoms with E-state index in [0.29, 0.717) is 11.8 Å². The largest absolute Gasteiger partial charge is 0.233 e. The van der Waals surface area contributed by atoms with Gasteiger partial charge in [0.25, 0.3) is 0 Å². The third kappa shape index (κ3) is 5.01. The van der Waals surface area contributed by atoms with Crippen molar-refractivity contribution in [2.24, 2.45) is 11.8 Å². The molecule has 0 amide bonds. The van der Waals surface area contributed by atoms with Crippen LogP contribution in [0.5, 0.6) is 0 Å². The summed E-state index contributed by atoms with van der Waals surface area (Å²) in [4.78, 5) is 0. The summed E-state index contributed by atoms with van der Waals surface area (Å²) < 4.78 is 1.10. The van der Waals surface area contributed by atoms with E-state index in [0.717, 1.165) is 17.3 Å². The van der Waals surface area contributed by atoms with E-state index in [9.17, 15) is 5.11 Å². The highest BCUT2D eigenvalue weighted by Crippen LogP contribution is 2.17. The van der Waals surface area contributed by atoms with Gasteiger partial charge in [-0.1, -0.05) is 49.8 Å². The number of rotatable bonds is 5. The Kier molecular flexibility index (Phi) is 6.62. The van der Waals surface area contributed by atoms with Gasteiger partial charge in [0, 0.05) is 4.43 Å². The predicted octanol–water partition coefficient (Wildman–Crippen LogP) is 3.29. The summed E-state index contributed by atoms with van der Waals surface area (Å²) in [5.41, 5.74) is 0. The molecule has 1 nitrogen and oxygen atoms in total. The zero-order valence-corrected chi connectivity index (χ0v) is 9.80. The van der Waals surface area contributed by atoms with E-state index in [2.05, 4.69) is 43.4 Å². The van der Waals surface area contributed by atoms with Crippen LogP contribution in [-0.2, 0) is 5.11 Å². The average molecular weight is 269 g/mol. The quantitative estimate of drug-likeness (QED) is 0.539. The molecule has 0 N–H and O–H groups in total. The summed E-state index contributed by atoms with van der Waals surface area (Å²) in [6.07, 6.45) is 1.52. The van der Waals surface area contributed by atoms with Crippen LogP contribution in [0.15, 0.2) is 0 Å². The minimum atomic E-state index is -0.343. The third-order valence-electron chi connectivity index (χ3n) is 2.18. The van der Waals surface area contributed by atoms with Crippen molar-refractivity contribution in [2.45, 2.75) is 39.7 Å². The average Bonchev–Trinajstić information content (AvgIpc) is 2.02. The molecule has 0 saturated heterocycles. The molecule has 67 valence electrons. The second-order valence-corrected chi connectivity index (χ2v) is 4.30. The van der Waals surface area contributed by atoms with E-state index in [1.54, 1.807) is 0 Å². The van der Waals surface area contributed by atoms with Crippen LogP contribution in [0, 0.1) is 11.8 Å². The van der Waals surface area contributed by atoms with Gasteiger partial charge in [0.15, 0.2) is 0 Å². The molecule has 2 heteroatoms. The summed E-state index contributed by atoms with van der Waals surface area (Å²) in [5, 5.41) is 11.4. The highest BCUT2D eigenvalue weighted by molar-refractivity contribution is 14.1. The van der Waals surface area contributed by atoms with Crippen LogP contribution in [0.3, 0.4) is 0 Å². The zero-order chi connectivity index (χ0) is 8.85. The Morgan fingerprint density at radius 3 is 2.27 bits per heavy atom. The minimum Gasteiger partial charge on any atom is -0.233 e. The molecule has 3 atom stereocenters. The lowest BCUT2D eigenvalue weighted by molar-refractivity contribution is 0.0261. The Morgan fingerprint density at radius 2 is 1.91 bits per heavy atom. The first-order valence-electron chi connectivity index (χ1n) is 4.33. The van der Waals surface area contributed by atoms with E-state index in [1.165, 1.54) is 0 Å². The van der Waals surface area contributed by atoms with E-state index in [-0.39, 0.29) is 6.10 Å². The van der Waals surface area contributed by atoms with E-state index in [4.69, 9.17) is 0 Å². The monoisotopic (exact) mass is 269 g/mol. The van der Waals surface area contributed by atoms with Crippen LogP contribution in [0.1, 0.15) is 33.6 Å². The van der Waals surface area contributed by atoms with Crippen LogP contribution < -0.4 is 0 Å². The fourth-order valence-corrected chi connectivity index (χ4v) is 1.31. The molecule has 0 heterocycles. The maximum absolute atomic E-state index is 11.4. The molecule has 0 aromatic heterocycles. The molecule has 0 aromatic rings. The maximum atomic E-state index is 11.4. The second kappa shape index (κ2) is 6.23. The summed E-state index contributed by atoms with van der Waals surface area (Å²) in [5.74, 6) is 0.937. The number of alkyl halides is 1. The van der Waals surface area contributed by atoms with Crippen LogP contribution in [0.4, 0.5) is 0 Å². The fraction of sp³-hybridized carbons (Fsp3) is 1.00. The van der Waals surface area contributed by atoms with Gasteiger partial charge in [-0.3, -0.25) is 0 Å². The Balaban J connectivity index is 3.58. The molecule has 0 aliphatic carbocycles. The Hall–Kier alpha value is 0.690. The van der Waals surface area contributed by atoms with Crippen molar-refractivity contribution in [2.75, 3.05) is 4.43 Å². The van der Waals surface area contributed by atoms with Crippen molar-refractivity contribution in [3.05, 3.63) is 0 Å². The van der Waals surface area contributed by atoms with Crippen molar-refractivity contribution in [3.8, 4) is 0 Å². The Morgan fingerprint density at radius 1 is 1.36 bits per heavy atom. The van der Waals surface area contributed by atoms with Crippen LogP contribution >= 0.6 is 22.6 Å². The fourth-order valence-electron chi connectivity index (χ4n) is 0.955. The molecule has 0 bridgehead atoms. The molecule has 0 fully saturated rings. The first-order valence-corrected chi connectivity index (χ1v) is 5.86. The van der Waals surface area contributed by atoms with Crippen molar-refractivity contribution in [1.82, 2.24) is 0 Å². The van der Waals surface area contributed by atoms with Gasteiger partial charge in [-0.25, -0.2) is 5.11 Å². The summed E-state index contributed by atoms with van der Waals surface area (Å²) in [7, 11) is 0. The van der Waals surface area contributed by atoms with E-state index < -0.39 is 0 Å². The molecule has 0 saturated carbocycles. The molecule has 0 aliphatic rings. The number of hydrogen-bond acceptors (Lipinski definition) is 0. The number of halogens is 1. The Bertz CT molecular complexity index is 95.6. The minimum absolute atomic E-state index is 0.343. The summed E-state index contributed by atoms with van der Waals surface area (Å²) in [6.45, 7) is 6.29. The number of hydrogen-bond donors (Lipinski definition) is 0. The molecule has 3 unspecified atom stereocenters. The lowest BCUT2D eigenvalue weighted by Crippen LogP contribution is -2.18. The van der Waals surface area contributed by atoms with Crippen molar-refractivity contribution < 1.29 is 5.11 Å². The molecule has 11 heavy (non-hydrogen) atoms. The van der Waals surface area contributed by atoms with Crippen LogP contribution in [0.2, 0.25) is 0 Å². The molecule has 1 radical (unpaired) electrons. The van der Waals surface area contributed by atoms with Crippen LogP contribution in [-0.4, -0.2) is 10.5 Å². The van der Waals surface area contributed by atoms with Gasteiger partial charge in [0.05, 0.1) is 6.10 Å². The SMILES string of the molecule is CCC(C)C([O])CC(C)CI. The highest BCUT2D eigenvalue weighted by atomic mass is 127. The standard InChI is InChI=1S/C9H18IO/c1-4-8(3)9(11)5-7(2)6-10/h7-9H,4-6H2,1-3H3. The first-order chi connectivity index (χ1) is 5.11. The van der Waals surface area contributed by atoms with Gasteiger partial charge in [-0.05, 0) is 18.3 Å². The lowest BCUT2D eigenvalue weighted by Gasteiger charge is -2.17. The zero-order valence-electron chi connectivity index (χ0n) is 7.64. The van der Waals surface area contributed by atoms with Crippen molar-refractivity contribution in [3.63, 3.8) is 0 Å². The smallest absolute Gasteiger partial charge is 0.0958 e. The van der Waals surface area contributed by atoms with E-state index >= 15 is 0 Å². The van der Waals surface area contributed by atoms with Gasteiger partial charge in [-0.15, -0.1) is 0 Å². The van der Waals surface area contributed by atoms with E-state index in [1.807, 2.05) is 0 Å². The predicted molar refractivity (Wildman–Crippen MR) is 56.6 cm³/mol. The first kappa shape index (κ1) is 11.7. The van der Waals surface area contributed by atoms with Crippen molar-refractivity contribution in [1.29, 1.82) is 0 Å². The van der Waals surface area contributed by atoms with Gasteiger partial charge >= 0.3 is 0 Å². The van der Waals surface area contributed by atoms with Gasteiger partial charge < -0.3 is 0 Å². The highest BCUT2D eigenvalue weighted by Gasteiger charge is 2.16. The molecular weight excluding hydrogens is 251 g/mol. The topological polar surface area (TPSA) is 19.9 Å². The molecular formula is C9H18IO. The normalized spacial score (nSPS) is 19.4. The molecule has 0 aromatic carbocycles. The summed E-state index contributed by atoms with van der Waals surface area (Å²) in [6, 6.07) is 0. The van der Waals surface area contributed by atoms with Crippen molar-refractivity contribution >= 4 is 22.6 Å². The summed E-state index contributed by atoms with van der Waals surface area (Å²) >= 11 is 2.34. The van der Waals surface area contributed by atoms with Crippen LogP contribution in [0.25, 0.3) is 0 Å².